The van der Waals surface area contributed by atoms with Crippen LogP contribution in [-0.4, -0.2) is 58.1 Å². The number of hydrogen-bond acceptors (Lipinski definition) is 6. The lowest BCUT2D eigenvalue weighted by molar-refractivity contribution is -0.123. The summed E-state index contributed by atoms with van der Waals surface area (Å²) < 4.78 is 25.5. The fraction of sp³-hybridized carbons (Fsp3) is 0.667. The molecule has 0 spiro atoms. The molecule has 10 nitrogen and oxygen atoms in total. The van der Waals surface area contributed by atoms with Gasteiger partial charge in [0.1, 0.15) is 20.9 Å². The molecule has 0 aliphatic heterocycles. The zero-order chi connectivity index (χ0) is 34.9. The van der Waals surface area contributed by atoms with Crippen LogP contribution in [0.2, 0.25) is 5.02 Å². The fourth-order valence-corrected chi connectivity index (χ4v) is 6.78. The van der Waals surface area contributed by atoms with Crippen LogP contribution in [0.3, 0.4) is 0 Å². The summed E-state index contributed by atoms with van der Waals surface area (Å²) in [6.07, 6.45) is 20.1. The molecule has 0 radical (unpaired) electrons. The lowest BCUT2D eigenvalue weighted by Crippen LogP contribution is -2.48. The van der Waals surface area contributed by atoms with E-state index in [2.05, 4.69) is 32.7 Å². The molecule has 48 heavy (non-hydrogen) atoms. The summed E-state index contributed by atoms with van der Waals surface area (Å²) in [6, 6.07) is 5.85. The first kappa shape index (κ1) is 39.5. The number of carbonyl (C=O) groups excluding carboxylic acids is 2. The standard InChI is InChI=1S/C36H57ClN6O4S/c1-5-7-8-9-10-11-12-13-14-15-16-17-18-21-28-22-19-23-29(26-28)35(44)39-31(24-25-48(4,46)47)36(45)38-30(20-6-2)33-40-34-32(37)27(3)41-43(34)42-33/h19,22-23,26,30-31,41H,5-18,20-21,24-25H2,1-4H3,(H,38,45)(H,39,44). The Hall–Kier alpha value is -2.92. The van der Waals surface area contributed by atoms with Crippen LogP contribution in [0.15, 0.2) is 24.3 Å². The third-order valence-corrected chi connectivity index (χ3v) is 10.2. The van der Waals surface area contributed by atoms with Gasteiger partial charge in [0.15, 0.2) is 11.5 Å². The van der Waals surface area contributed by atoms with Crippen molar-refractivity contribution < 1.29 is 18.0 Å². The number of aromatic amines is 1. The summed E-state index contributed by atoms with van der Waals surface area (Å²) >= 11 is 6.34. The van der Waals surface area contributed by atoms with Crippen LogP contribution >= 0.6 is 11.6 Å². The molecule has 0 aliphatic carbocycles. The lowest BCUT2D eigenvalue weighted by Gasteiger charge is -2.22. The second kappa shape index (κ2) is 20.6. The molecule has 2 atom stereocenters. The Morgan fingerprint density at radius 3 is 2.10 bits per heavy atom. The van der Waals surface area contributed by atoms with Crippen molar-refractivity contribution >= 4 is 38.9 Å². The highest BCUT2D eigenvalue weighted by atomic mass is 35.5. The number of H-pyrrole nitrogens is 1. The quantitative estimate of drug-likeness (QED) is 0.0812. The topological polar surface area (TPSA) is 138 Å². The van der Waals surface area contributed by atoms with Gasteiger partial charge >= 0.3 is 0 Å². The van der Waals surface area contributed by atoms with Crippen LogP contribution in [0, 0.1) is 6.92 Å². The number of rotatable bonds is 24. The zero-order valence-corrected chi connectivity index (χ0v) is 31.0. The van der Waals surface area contributed by atoms with Crippen molar-refractivity contribution in [3.63, 3.8) is 0 Å². The molecule has 3 aromatic rings. The molecule has 268 valence electrons. The van der Waals surface area contributed by atoms with Crippen molar-refractivity contribution in [1.29, 1.82) is 0 Å². The number of hydrogen-bond donors (Lipinski definition) is 3. The van der Waals surface area contributed by atoms with Gasteiger partial charge in [-0.1, -0.05) is 121 Å². The highest BCUT2D eigenvalue weighted by molar-refractivity contribution is 7.90. The number of aryl methyl sites for hydroxylation is 2. The Bertz CT molecular complexity index is 1540. The van der Waals surface area contributed by atoms with E-state index in [1.807, 2.05) is 32.0 Å². The molecule has 0 bridgehead atoms. The van der Waals surface area contributed by atoms with Crippen LogP contribution in [0.25, 0.3) is 5.65 Å². The van der Waals surface area contributed by atoms with Crippen molar-refractivity contribution in [2.45, 2.75) is 142 Å². The van der Waals surface area contributed by atoms with Gasteiger partial charge in [-0.05, 0) is 50.3 Å². The maximum Gasteiger partial charge on any atom is 0.251 e. The molecule has 2 unspecified atom stereocenters. The molecule has 2 amide bonds. The van der Waals surface area contributed by atoms with Crippen LogP contribution in [0.1, 0.15) is 150 Å². The number of nitrogens with zero attached hydrogens (tertiary/aromatic N) is 3. The monoisotopic (exact) mass is 704 g/mol. The van der Waals surface area contributed by atoms with E-state index in [-0.39, 0.29) is 12.2 Å². The molecule has 0 aliphatic rings. The molecule has 0 fully saturated rings. The van der Waals surface area contributed by atoms with Crippen LogP contribution in [-0.2, 0) is 21.1 Å². The summed E-state index contributed by atoms with van der Waals surface area (Å²) in [5.74, 6) is -0.774. The van der Waals surface area contributed by atoms with E-state index in [1.165, 1.54) is 75.3 Å². The minimum atomic E-state index is -3.38. The predicted octanol–water partition coefficient (Wildman–Crippen LogP) is 7.84. The third-order valence-electron chi connectivity index (χ3n) is 8.79. The minimum absolute atomic E-state index is 0.0592. The Kier molecular flexibility index (Phi) is 16.9. The van der Waals surface area contributed by atoms with E-state index in [9.17, 15) is 18.0 Å². The molecule has 0 saturated heterocycles. The maximum atomic E-state index is 13.6. The van der Waals surface area contributed by atoms with Crippen molar-refractivity contribution in [3.05, 3.63) is 51.9 Å². The summed E-state index contributed by atoms with van der Waals surface area (Å²) in [7, 11) is -3.38. The Labute approximate surface area is 292 Å². The second-order valence-electron chi connectivity index (χ2n) is 13.2. The molecule has 0 saturated carbocycles. The van der Waals surface area contributed by atoms with Gasteiger partial charge in [0.25, 0.3) is 5.91 Å². The molecular formula is C36H57ClN6O4S. The van der Waals surface area contributed by atoms with E-state index < -0.39 is 33.7 Å². The first-order chi connectivity index (χ1) is 23.0. The van der Waals surface area contributed by atoms with Gasteiger partial charge in [0.2, 0.25) is 5.91 Å². The summed E-state index contributed by atoms with van der Waals surface area (Å²) in [6.45, 7) is 6.05. The Morgan fingerprint density at radius 2 is 1.52 bits per heavy atom. The Balaban J connectivity index is 1.52. The van der Waals surface area contributed by atoms with E-state index in [4.69, 9.17) is 11.6 Å². The van der Waals surface area contributed by atoms with Gasteiger partial charge in [-0.2, -0.15) is 4.63 Å². The SMILES string of the molecule is CCCCCCCCCCCCCCCc1cccc(C(=O)NC(CCS(C)(=O)=O)C(=O)NC(CCC)c2nc3c(Cl)c(C)[nH]n3n2)c1. The minimum Gasteiger partial charge on any atom is -0.344 e. The van der Waals surface area contributed by atoms with Crippen LogP contribution in [0.5, 0.6) is 0 Å². The largest absolute Gasteiger partial charge is 0.344 e. The number of nitrogens with one attached hydrogen (secondary N) is 3. The maximum absolute atomic E-state index is 13.6. The molecule has 3 rings (SSSR count). The fourth-order valence-electron chi connectivity index (χ4n) is 5.96. The normalized spacial score (nSPS) is 13.1. The summed E-state index contributed by atoms with van der Waals surface area (Å²) in [4.78, 5) is 31.5. The third kappa shape index (κ3) is 13.5. The van der Waals surface area contributed by atoms with E-state index in [1.54, 1.807) is 6.07 Å². The number of unbranched alkanes of at least 4 members (excludes halogenated alkanes) is 12. The summed E-state index contributed by atoms with van der Waals surface area (Å²) in [5.41, 5.74) is 2.70. The van der Waals surface area contributed by atoms with Gasteiger partial charge < -0.3 is 10.6 Å². The van der Waals surface area contributed by atoms with E-state index >= 15 is 0 Å². The van der Waals surface area contributed by atoms with Gasteiger partial charge in [-0.3, -0.25) is 14.7 Å². The van der Waals surface area contributed by atoms with Crippen molar-refractivity contribution in [3.8, 4) is 0 Å². The van der Waals surface area contributed by atoms with Crippen LogP contribution < -0.4 is 10.6 Å². The molecular weight excluding hydrogens is 648 g/mol. The van der Waals surface area contributed by atoms with E-state index in [0.29, 0.717) is 28.5 Å². The van der Waals surface area contributed by atoms with Crippen molar-refractivity contribution in [2.24, 2.45) is 0 Å². The number of amides is 2. The first-order valence-electron chi connectivity index (χ1n) is 18.0. The Morgan fingerprint density at radius 1 is 0.896 bits per heavy atom. The molecule has 12 heteroatoms. The van der Waals surface area contributed by atoms with Crippen molar-refractivity contribution in [1.82, 2.24) is 30.4 Å². The number of aromatic nitrogens is 4. The van der Waals surface area contributed by atoms with Crippen LogP contribution in [0.4, 0.5) is 0 Å². The highest BCUT2D eigenvalue weighted by Crippen LogP contribution is 2.23. The highest BCUT2D eigenvalue weighted by Gasteiger charge is 2.28. The number of carbonyl (C=O) groups is 2. The lowest BCUT2D eigenvalue weighted by atomic mass is 10.0. The number of sulfone groups is 1. The first-order valence-corrected chi connectivity index (χ1v) is 20.4. The predicted molar refractivity (Wildman–Crippen MR) is 194 cm³/mol. The average Bonchev–Trinajstić information content (AvgIpc) is 3.58. The summed E-state index contributed by atoms with van der Waals surface area (Å²) in [5, 5.41) is 13.7. The molecule has 3 N–H and O–H groups in total. The smallest absolute Gasteiger partial charge is 0.251 e. The van der Waals surface area contributed by atoms with Crippen molar-refractivity contribution in [2.75, 3.05) is 12.0 Å². The molecule has 2 heterocycles. The van der Waals surface area contributed by atoms with Gasteiger partial charge in [0, 0.05) is 11.8 Å². The molecule has 2 aromatic heterocycles. The van der Waals surface area contributed by atoms with Gasteiger partial charge in [-0.15, -0.1) is 5.10 Å². The second-order valence-corrected chi connectivity index (χ2v) is 15.9. The van der Waals surface area contributed by atoms with Gasteiger partial charge in [0.05, 0.1) is 17.5 Å². The number of fused-ring (bicyclic) bond motifs is 1. The number of halogens is 1. The van der Waals surface area contributed by atoms with E-state index in [0.717, 1.165) is 43.2 Å². The zero-order valence-electron chi connectivity index (χ0n) is 29.5. The molecule has 1 aromatic carbocycles. The average molecular weight is 705 g/mol. The van der Waals surface area contributed by atoms with Gasteiger partial charge in [-0.25, -0.2) is 13.4 Å². The number of benzene rings is 1.